The van der Waals surface area contributed by atoms with E-state index in [-0.39, 0.29) is 5.82 Å². The average Bonchev–Trinajstić information content (AvgIpc) is 2.22. The van der Waals surface area contributed by atoms with E-state index in [2.05, 4.69) is 4.90 Å². The molecular formula is C13H17ClFNO. The number of hydrogen-bond donors (Lipinski definition) is 1. The van der Waals surface area contributed by atoms with Crippen LogP contribution in [0.15, 0.2) is 18.2 Å². The van der Waals surface area contributed by atoms with Crippen LogP contribution in [-0.2, 0) is 6.42 Å². The Bertz CT molecular complexity index is 412. The van der Waals surface area contributed by atoms with Crippen LogP contribution in [0.2, 0.25) is 5.02 Å². The zero-order chi connectivity index (χ0) is 12.5. The van der Waals surface area contributed by atoms with E-state index in [1.165, 1.54) is 12.1 Å². The van der Waals surface area contributed by atoms with Crippen LogP contribution in [0.5, 0.6) is 0 Å². The van der Waals surface area contributed by atoms with Crippen LogP contribution in [0.25, 0.3) is 0 Å². The summed E-state index contributed by atoms with van der Waals surface area (Å²) in [5.74, 6) is -0.308. The first-order valence-corrected chi connectivity index (χ1v) is 6.21. The number of hydrogen-bond acceptors (Lipinski definition) is 2. The normalized spacial score (nSPS) is 26.1. The highest BCUT2D eigenvalue weighted by atomic mass is 35.5. The summed E-state index contributed by atoms with van der Waals surface area (Å²) in [6.45, 7) is 1.61. The molecule has 1 saturated heterocycles. The number of likely N-dealkylation sites (N-methyl/N-ethyl adjacent to an activating group) is 1. The molecule has 2 nitrogen and oxygen atoms in total. The SMILES string of the molecule is CN1CCCC(O)(Cc2cc(F)ccc2Cl)C1. The molecule has 1 atom stereocenters. The second-order valence-electron chi connectivity index (χ2n) is 4.98. The lowest BCUT2D eigenvalue weighted by Gasteiger charge is -2.37. The predicted octanol–water partition coefficient (Wildman–Crippen LogP) is 2.48. The highest BCUT2D eigenvalue weighted by Gasteiger charge is 2.32. The van der Waals surface area contributed by atoms with E-state index in [0.29, 0.717) is 23.6 Å². The van der Waals surface area contributed by atoms with Crippen molar-refractivity contribution in [2.75, 3.05) is 20.1 Å². The molecular weight excluding hydrogens is 241 g/mol. The van der Waals surface area contributed by atoms with Crippen molar-refractivity contribution in [3.05, 3.63) is 34.6 Å². The third-order valence-electron chi connectivity index (χ3n) is 3.27. The summed E-state index contributed by atoms with van der Waals surface area (Å²) in [6.07, 6.45) is 2.11. The minimum absolute atomic E-state index is 0.308. The average molecular weight is 258 g/mol. The maximum absolute atomic E-state index is 13.2. The first-order valence-electron chi connectivity index (χ1n) is 5.83. The summed E-state index contributed by atoms with van der Waals surface area (Å²) in [6, 6.07) is 4.29. The Labute approximate surface area is 106 Å². The molecule has 1 aromatic carbocycles. The van der Waals surface area contributed by atoms with Gasteiger partial charge in [-0.05, 0) is 50.2 Å². The molecule has 1 aromatic rings. The van der Waals surface area contributed by atoms with Crippen molar-refractivity contribution in [2.24, 2.45) is 0 Å². The molecule has 4 heteroatoms. The third kappa shape index (κ3) is 3.18. The lowest BCUT2D eigenvalue weighted by molar-refractivity contribution is -0.0224. The van der Waals surface area contributed by atoms with E-state index >= 15 is 0 Å². The van der Waals surface area contributed by atoms with E-state index in [0.717, 1.165) is 19.4 Å². The first-order chi connectivity index (χ1) is 7.98. The van der Waals surface area contributed by atoms with E-state index in [1.807, 2.05) is 7.05 Å². The maximum Gasteiger partial charge on any atom is 0.123 e. The van der Waals surface area contributed by atoms with Crippen LogP contribution in [0.3, 0.4) is 0 Å². The Balaban J connectivity index is 2.16. The second-order valence-corrected chi connectivity index (χ2v) is 5.39. The van der Waals surface area contributed by atoms with Gasteiger partial charge in [0.2, 0.25) is 0 Å². The van der Waals surface area contributed by atoms with Crippen LogP contribution < -0.4 is 0 Å². The molecule has 0 aliphatic carbocycles. The number of likely N-dealkylation sites (tertiary alicyclic amines) is 1. The monoisotopic (exact) mass is 257 g/mol. The van der Waals surface area contributed by atoms with Gasteiger partial charge in [-0.2, -0.15) is 0 Å². The molecule has 94 valence electrons. The molecule has 1 aliphatic rings. The van der Waals surface area contributed by atoms with Gasteiger partial charge in [0, 0.05) is 18.0 Å². The van der Waals surface area contributed by atoms with Gasteiger partial charge in [-0.1, -0.05) is 11.6 Å². The lowest BCUT2D eigenvalue weighted by atomic mass is 9.87. The summed E-state index contributed by atoms with van der Waals surface area (Å²) in [7, 11) is 1.98. The molecule has 0 spiro atoms. The topological polar surface area (TPSA) is 23.5 Å². The van der Waals surface area contributed by atoms with Crippen molar-refractivity contribution in [3.63, 3.8) is 0 Å². The van der Waals surface area contributed by atoms with Crippen molar-refractivity contribution in [1.29, 1.82) is 0 Å². The molecule has 1 heterocycles. The van der Waals surface area contributed by atoms with Crippen LogP contribution in [0.4, 0.5) is 4.39 Å². The van der Waals surface area contributed by atoms with Crippen molar-refractivity contribution >= 4 is 11.6 Å². The summed E-state index contributed by atoms with van der Waals surface area (Å²) in [5.41, 5.74) is -0.103. The third-order valence-corrected chi connectivity index (χ3v) is 3.64. The standard InChI is InChI=1S/C13H17ClFNO/c1-16-6-2-5-13(17,9-16)8-10-7-11(15)3-4-12(10)14/h3-4,7,17H,2,5-6,8-9H2,1H3. The quantitative estimate of drug-likeness (QED) is 0.880. The number of nitrogens with zero attached hydrogens (tertiary/aromatic N) is 1. The van der Waals surface area contributed by atoms with Crippen LogP contribution >= 0.6 is 11.6 Å². The minimum atomic E-state index is -0.787. The maximum atomic E-state index is 13.2. The smallest absolute Gasteiger partial charge is 0.123 e. The summed E-state index contributed by atoms with van der Waals surface area (Å²) >= 11 is 6.02. The van der Waals surface area contributed by atoms with Gasteiger partial charge in [-0.15, -0.1) is 0 Å². The van der Waals surface area contributed by atoms with Crippen LogP contribution in [0, 0.1) is 5.82 Å². The fraction of sp³-hybridized carbons (Fsp3) is 0.538. The van der Waals surface area contributed by atoms with Crippen molar-refractivity contribution in [2.45, 2.75) is 24.9 Å². The Morgan fingerprint density at radius 1 is 1.53 bits per heavy atom. The Kier molecular flexibility index (Phi) is 3.71. The van der Waals surface area contributed by atoms with Gasteiger partial charge in [0.15, 0.2) is 0 Å². The fourth-order valence-corrected chi connectivity index (χ4v) is 2.70. The second kappa shape index (κ2) is 4.92. The predicted molar refractivity (Wildman–Crippen MR) is 66.8 cm³/mol. The Hall–Kier alpha value is -0.640. The number of aliphatic hydroxyl groups is 1. The lowest BCUT2D eigenvalue weighted by Crippen LogP contribution is -2.47. The van der Waals surface area contributed by atoms with Gasteiger partial charge in [0.1, 0.15) is 5.82 Å². The number of rotatable bonds is 2. The van der Waals surface area contributed by atoms with Gasteiger partial charge < -0.3 is 10.0 Å². The van der Waals surface area contributed by atoms with Gasteiger partial charge in [-0.3, -0.25) is 0 Å². The first kappa shape index (κ1) is 12.8. The number of halogens is 2. The molecule has 0 aromatic heterocycles. The molecule has 0 radical (unpaired) electrons. The zero-order valence-corrected chi connectivity index (χ0v) is 10.7. The Morgan fingerprint density at radius 2 is 2.29 bits per heavy atom. The number of β-amino-alcohol motifs (C(OH)–C–C–N with tert-alkyl or cyclic N) is 1. The minimum Gasteiger partial charge on any atom is -0.388 e. The fourth-order valence-electron chi connectivity index (χ4n) is 2.52. The van der Waals surface area contributed by atoms with Gasteiger partial charge in [-0.25, -0.2) is 4.39 Å². The summed E-state index contributed by atoms with van der Waals surface area (Å²) in [5, 5.41) is 11.0. The molecule has 0 amide bonds. The van der Waals surface area contributed by atoms with Crippen molar-refractivity contribution in [1.82, 2.24) is 4.90 Å². The van der Waals surface area contributed by atoms with Crippen molar-refractivity contribution < 1.29 is 9.50 Å². The molecule has 1 N–H and O–H groups in total. The Morgan fingerprint density at radius 3 is 3.00 bits per heavy atom. The van der Waals surface area contributed by atoms with E-state index in [4.69, 9.17) is 11.6 Å². The molecule has 1 unspecified atom stereocenters. The van der Waals surface area contributed by atoms with Gasteiger partial charge >= 0.3 is 0 Å². The van der Waals surface area contributed by atoms with Crippen LogP contribution in [0.1, 0.15) is 18.4 Å². The summed E-state index contributed by atoms with van der Waals surface area (Å²) < 4.78 is 13.2. The van der Waals surface area contributed by atoms with Gasteiger partial charge in [0.05, 0.1) is 5.60 Å². The highest BCUT2D eigenvalue weighted by Crippen LogP contribution is 2.28. The van der Waals surface area contributed by atoms with E-state index < -0.39 is 5.60 Å². The largest absolute Gasteiger partial charge is 0.388 e. The van der Waals surface area contributed by atoms with Crippen molar-refractivity contribution in [3.8, 4) is 0 Å². The van der Waals surface area contributed by atoms with E-state index in [9.17, 15) is 9.50 Å². The molecule has 2 rings (SSSR count). The summed E-state index contributed by atoms with van der Waals surface area (Å²) in [4.78, 5) is 2.09. The van der Waals surface area contributed by atoms with E-state index in [1.54, 1.807) is 6.07 Å². The highest BCUT2D eigenvalue weighted by molar-refractivity contribution is 6.31. The molecule has 17 heavy (non-hydrogen) atoms. The number of piperidine rings is 1. The molecule has 1 aliphatic heterocycles. The molecule has 1 fully saturated rings. The van der Waals surface area contributed by atoms with Crippen LogP contribution in [-0.4, -0.2) is 35.7 Å². The molecule has 0 bridgehead atoms. The van der Waals surface area contributed by atoms with Gasteiger partial charge in [0.25, 0.3) is 0 Å². The molecule has 0 saturated carbocycles. The number of benzene rings is 1. The zero-order valence-electron chi connectivity index (χ0n) is 9.92.